The Morgan fingerprint density at radius 2 is 0.661 bits per heavy atom. The number of esters is 3. The van der Waals surface area contributed by atoms with Crippen molar-refractivity contribution in [1.82, 2.24) is 0 Å². The Labute approximate surface area is 383 Å². The van der Waals surface area contributed by atoms with Crippen LogP contribution in [0.15, 0.2) is 60.8 Å². The molecule has 0 spiro atoms. The van der Waals surface area contributed by atoms with Crippen LogP contribution in [0, 0.1) is 0 Å². The molecule has 0 heterocycles. The third-order valence-corrected chi connectivity index (χ3v) is 11.3. The van der Waals surface area contributed by atoms with Gasteiger partial charge in [-0.05, 0) is 89.9 Å². The summed E-state index contributed by atoms with van der Waals surface area (Å²) in [6, 6.07) is 0. The van der Waals surface area contributed by atoms with Gasteiger partial charge in [-0.25, -0.2) is 0 Å². The molecule has 0 aliphatic heterocycles. The van der Waals surface area contributed by atoms with Gasteiger partial charge in [0, 0.05) is 19.3 Å². The molecule has 0 amide bonds. The van der Waals surface area contributed by atoms with Crippen molar-refractivity contribution in [2.45, 2.75) is 264 Å². The van der Waals surface area contributed by atoms with E-state index in [1.165, 1.54) is 154 Å². The number of hydrogen-bond acceptors (Lipinski definition) is 6. The minimum absolute atomic E-state index is 0.101. The molecule has 6 heteroatoms. The Bertz CT molecular complexity index is 1130. The third kappa shape index (κ3) is 48.1. The molecule has 0 aliphatic carbocycles. The summed E-state index contributed by atoms with van der Waals surface area (Å²) in [5, 5.41) is 0. The van der Waals surface area contributed by atoms with Gasteiger partial charge in [0.1, 0.15) is 13.2 Å². The average Bonchev–Trinajstić information content (AvgIpc) is 3.27. The summed E-state index contributed by atoms with van der Waals surface area (Å²) < 4.78 is 16.7. The molecule has 1 atom stereocenters. The van der Waals surface area contributed by atoms with Gasteiger partial charge in [0.2, 0.25) is 0 Å². The van der Waals surface area contributed by atoms with Gasteiger partial charge in [-0.2, -0.15) is 0 Å². The maximum Gasteiger partial charge on any atom is 0.306 e. The van der Waals surface area contributed by atoms with Gasteiger partial charge in [0.05, 0.1) is 0 Å². The molecule has 0 radical (unpaired) electrons. The monoisotopic (exact) mass is 867 g/mol. The average molecular weight is 867 g/mol. The second kappa shape index (κ2) is 50.8. The zero-order valence-electron chi connectivity index (χ0n) is 40.9. The number of rotatable bonds is 47. The molecule has 0 N–H and O–H groups in total. The molecule has 0 fully saturated rings. The Hall–Kier alpha value is -2.89. The SMILES string of the molecule is CCCCC/C=C\C=C/CCCCCCCCCCCCC(=O)OCC(COC(=O)CCCCCCC/C=C\CCCCC)OC(=O)CC/C=C\C/C=C\CCCCCCCC. The van der Waals surface area contributed by atoms with Gasteiger partial charge < -0.3 is 14.2 Å². The normalized spacial score (nSPS) is 12.5. The molecule has 6 nitrogen and oxygen atoms in total. The van der Waals surface area contributed by atoms with Crippen molar-refractivity contribution in [1.29, 1.82) is 0 Å². The van der Waals surface area contributed by atoms with E-state index >= 15 is 0 Å². The van der Waals surface area contributed by atoms with E-state index < -0.39 is 6.10 Å². The lowest BCUT2D eigenvalue weighted by Gasteiger charge is -2.18. The molecule has 358 valence electrons. The number of carbonyl (C=O) groups is 3. The molecular weight excluding hydrogens is 769 g/mol. The largest absolute Gasteiger partial charge is 0.462 e. The minimum Gasteiger partial charge on any atom is -0.462 e. The zero-order chi connectivity index (χ0) is 45.1. The lowest BCUT2D eigenvalue weighted by Crippen LogP contribution is -2.30. The first-order chi connectivity index (χ1) is 30.5. The summed E-state index contributed by atoms with van der Waals surface area (Å²) in [7, 11) is 0. The van der Waals surface area contributed by atoms with Crippen molar-refractivity contribution in [3.05, 3.63) is 60.8 Å². The van der Waals surface area contributed by atoms with Gasteiger partial charge in [0.25, 0.3) is 0 Å². The summed E-state index contributed by atoms with van der Waals surface area (Å²) in [6.45, 7) is 6.52. The Kier molecular flexibility index (Phi) is 48.4. The van der Waals surface area contributed by atoms with Crippen LogP contribution in [0.2, 0.25) is 0 Å². The number of allylic oxidation sites excluding steroid dienone is 10. The molecule has 1 unspecified atom stereocenters. The second-order valence-corrected chi connectivity index (χ2v) is 17.5. The van der Waals surface area contributed by atoms with E-state index in [1.807, 2.05) is 6.08 Å². The first-order valence-corrected chi connectivity index (χ1v) is 26.3. The van der Waals surface area contributed by atoms with Gasteiger partial charge in [-0.1, -0.05) is 210 Å². The quantitative estimate of drug-likeness (QED) is 0.0199. The van der Waals surface area contributed by atoms with Crippen LogP contribution in [-0.2, 0) is 28.6 Å². The molecular formula is C56H98O6. The van der Waals surface area contributed by atoms with Crippen molar-refractivity contribution in [3.8, 4) is 0 Å². The van der Waals surface area contributed by atoms with Crippen LogP contribution in [0.1, 0.15) is 258 Å². The summed E-state index contributed by atoms with van der Waals surface area (Å²) >= 11 is 0. The Morgan fingerprint density at radius 1 is 0.339 bits per heavy atom. The van der Waals surface area contributed by atoms with Crippen molar-refractivity contribution in [2.75, 3.05) is 13.2 Å². The first-order valence-electron chi connectivity index (χ1n) is 26.3. The van der Waals surface area contributed by atoms with Gasteiger partial charge >= 0.3 is 17.9 Å². The van der Waals surface area contributed by atoms with Crippen LogP contribution >= 0.6 is 0 Å². The van der Waals surface area contributed by atoms with Gasteiger partial charge in [-0.15, -0.1) is 0 Å². The van der Waals surface area contributed by atoms with Crippen molar-refractivity contribution in [3.63, 3.8) is 0 Å². The van der Waals surface area contributed by atoms with E-state index in [2.05, 4.69) is 75.5 Å². The van der Waals surface area contributed by atoms with Gasteiger partial charge in [-0.3, -0.25) is 14.4 Å². The molecule has 0 rings (SSSR count). The fourth-order valence-corrected chi connectivity index (χ4v) is 7.24. The smallest absolute Gasteiger partial charge is 0.306 e. The first kappa shape index (κ1) is 59.1. The predicted octanol–water partition coefficient (Wildman–Crippen LogP) is 17.3. The fourth-order valence-electron chi connectivity index (χ4n) is 7.24. The highest BCUT2D eigenvalue weighted by atomic mass is 16.6. The van der Waals surface area contributed by atoms with Crippen LogP contribution in [-0.4, -0.2) is 37.2 Å². The van der Waals surface area contributed by atoms with Crippen LogP contribution in [0.5, 0.6) is 0 Å². The molecule has 0 aromatic rings. The van der Waals surface area contributed by atoms with Gasteiger partial charge in [0.15, 0.2) is 6.10 Å². The van der Waals surface area contributed by atoms with E-state index in [4.69, 9.17) is 14.2 Å². The Balaban J connectivity index is 4.39. The highest BCUT2D eigenvalue weighted by molar-refractivity contribution is 5.71. The predicted molar refractivity (Wildman–Crippen MR) is 265 cm³/mol. The Morgan fingerprint density at radius 3 is 1.10 bits per heavy atom. The summed E-state index contributed by atoms with van der Waals surface area (Å²) in [5.41, 5.74) is 0. The third-order valence-electron chi connectivity index (χ3n) is 11.3. The standard InChI is InChI=1S/C56H98O6/c1-4-7-10-13-16-19-22-25-26-27-28-29-30-32-34-37-40-43-46-49-55(58)61-52-53(51-60-54(57)48-45-42-39-36-33-24-21-18-15-12-9-6-3)62-56(59)50-47-44-41-38-35-31-23-20-17-14-11-8-5-2/h16,18-19,21-22,25,31,35,41,44,53H,4-15,17,20,23-24,26-30,32-34,36-40,42-43,45-52H2,1-3H3/b19-16-,21-18-,25-22-,35-31-,44-41-. The number of carbonyl (C=O) groups excluding carboxylic acids is 3. The lowest BCUT2D eigenvalue weighted by molar-refractivity contribution is -0.166. The summed E-state index contributed by atoms with van der Waals surface area (Å²) in [4.78, 5) is 37.9. The minimum atomic E-state index is -0.807. The van der Waals surface area contributed by atoms with Crippen LogP contribution in [0.25, 0.3) is 0 Å². The van der Waals surface area contributed by atoms with Crippen LogP contribution in [0.4, 0.5) is 0 Å². The van der Waals surface area contributed by atoms with Crippen LogP contribution < -0.4 is 0 Å². The maximum atomic E-state index is 12.7. The topological polar surface area (TPSA) is 78.9 Å². The summed E-state index contributed by atoms with van der Waals surface area (Å²) in [6.07, 6.45) is 62.2. The van der Waals surface area contributed by atoms with E-state index in [9.17, 15) is 14.4 Å². The molecule has 0 saturated heterocycles. The van der Waals surface area contributed by atoms with E-state index in [1.54, 1.807) is 0 Å². The van der Waals surface area contributed by atoms with E-state index in [0.717, 1.165) is 57.8 Å². The molecule has 0 saturated carbocycles. The number of unbranched alkanes of at least 4 members (excludes halogenated alkanes) is 27. The molecule has 0 aromatic carbocycles. The highest BCUT2D eigenvalue weighted by Gasteiger charge is 2.19. The molecule has 0 bridgehead atoms. The fraction of sp³-hybridized carbons (Fsp3) is 0.768. The van der Waals surface area contributed by atoms with E-state index in [-0.39, 0.29) is 37.5 Å². The second-order valence-electron chi connectivity index (χ2n) is 17.5. The number of hydrogen-bond donors (Lipinski definition) is 0. The van der Waals surface area contributed by atoms with Crippen molar-refractivity contribution < 1.29 is 28.6 Å². The molecule has 0 aliphatic rings. The molecule has 0 aromatic heterocycles. The maximum absolute atomic E-state index is 12.7. The van der Waals surface area contributed by atoms with Crippen molar-refractivity contribution >= 4 is 17.9 Å². The lowest BCUT2D eigenvalue weighted by atomic mass is 10.1. The summed E-state index contributed by atoms with van der Waals surface area (Å²) in [5.74, 6) is -0.978. The number of ether oxygens (including phenoxy) is 3. The zero-order valence-corrected chi connectivity index (χ0v) is 40.9. The van der Waals surface area contributed by atoms with Crippen LogP contribution in [0.3, 0.4) is 0 Å². The molecule has 62 heavy (non-hydrogen) atoms. The highest BCUT2D eigenvalue weighted by Crippen LogP contribution is 2.14. The van der Waals surface area contributed by atoms with Crippen molar-refractivity contribution in [2.24, 2.45) is 0 Å². The van der Waals surface area contributed by atoms with E-state index in [0.29, 0.717) is 19.3 Å².